The van der Waals surface area contributed by atoms with Gasteiger partial charge in [-0.2, -0.15) is 22.0 Å². The number of ether oxygens (including phenoxy) is 2. The molecular formula is C33H38N8O6S3. The number of benzene rings is 2. The zero-order valence-corrected chi connectivity index (χ0v) is 30.3. The van der Waals surface area contributed by atoms with Crippen LogP contribution < -0.4 is 18.9 Å². The van der Waals surface area contributed by atoms with E-state index in [0.717, 1.165) is 11.1 Å². The van der Waals surface area contributed by atoms with Crippen LogP contribution in [0.4, 0.5) is 0 Å². The smallest absolute Gasteiger partial charge is 0.258 e. The molecule has 0 aliphatic carbocycles. The third kappa shape index (κ3) is 9.57. The fourth-order valence-corrected chi connectivity index (χ4v) is 7.79. The molecule has 0 saturated carbocycles. The Morgan fingerprint density at radius 2 is 1.34 bits per heavy atom. The fraction of sp³-hybridized carbons (Fsp3) is 0.273. The number of hydrogen-bond acceptors (Lipinski definition) is 11. The van der Waals surface area contributed by atoms with Gasteiger partial charge in [-0.3, -0.25) is 10.2 Å². The van der Waals surface area contributed by atoms with Crippen molar-refractivity contribution in [3.8, 4) is 11.5 Å². The Morgan fingerprint density at radius 1 is 0.740 bits per heavy atom. The molecule has 0 spiro atoms. The van der Waals surface area contributed by atoms with Crippen molar-refractivity contribution >= 4 is 53.9 Å². The molecule has 0 aliphatic heterocycles. The van der Waals surface area contributed by atoms with Crippen molar-refractivity contribution in [2.24, 2.45) is 0 Å². The Bertz CT molecular complexity index is 2250. The average molecular weight is 739 g/mol. The molecule has 0 aliphatic rings. The number of fused-ring (bicyclic) bond motifs is 2. The Kier molecular flexibility index (Phi) is 11.7. The van der Waals surface area contributed by atoms with Crippen molar-refractivity contribution in [2.75, 3.05) is 19.4 Å². The predicted octanol–water partition coefficient (Wildman–Crippen LogP) is 4.79. The van der Waals surface area contributed by atoms with Crippen LogP contribution in [0.1, 0.15) is 31.9 Å². The van der Waals surface area contributed by atoms with Crippen molar-refractivity contribution in [3.63, 3.8) is 0 Å². The minimum atomic E-state index is -3.80. The van der Waals surface area contributed by atoms with E-state index in [0.29, 0.717) is 52.5 Å². The standard InChI is InChI=1S/C21H20N4O4S.C12H18N4O2S2/c1-28-19-12-16(9-10-18(19)29-14-15-6-3-2-4-7-15)13-23-30(26,27)21-17-8-5-11-22-20(17)24-25-21;1-12(2,3)19-8-7-14-20(17,18)11-9-5-4-6-13-10(9)15-16-11/h2-12,23H,13-14H2,1H3,(H,22,24,25);4-6,14H,7-8H2,1-3H3,(H,13,15,16). The second kappa shape index (κ2) is 16.0. The van der Waals surface area contributed by atoms with Gasteiger partial charge in [-0.05, 0) is 47.5 Å². The topological polar surface area (TPSA) is 194 Å². The molecule has 0 saturated heterocycles. The van der Waals surface area contributed by atoms with E-state index in [2.05, 4.69) is 60.6 Å². The van der Waals surface area contributed by atoms with Gasteiger partial charge in [0, 0.05) is 36.0 Å². The van der Waals surface area contributed by atoms with Gasteiger partial charge in [0.25, 0.3) is 20.0 Å². The summed E-state index contributed by atoms with van der Waals surface area (Å²) in [5.74, 6) is 1.82. The number of sulfonamides is 2. The second-order valence-electron chi connectivity index (χ2n) is 11.8. The van der Waals surface area contributed by atoms with E-state index in [4.69, 9.17) is 9.47 Å². The van der Waals surface area contributed by atoms with Crippen LogP contribution in [0.3, 0.4) is 0 Å². The van der Waals surface area contributed by atoms with Gasteiger partial charge in [-0.1, -0.05) is 57.2 Å². The number of nitrogens with zero attached hydrogens (tertiary/aromatic N) is 4. The highest BCUT2D eigenvalue weighted by Gasteiger charge is 2.22. The number of aromatic nitrogens is 6. The molecular weight excluding hydrogens is 701 g/mol. The maximum Gasteiger partial charge on any atom is 0.258 e. The van der Waals surface area contributed by atoms with Crippen molar-refractivity contribution in [2.45, 2.75) is 48.7 Å². The Balaban J connectivity index is 0.000000211. The van der Waals surface area contributed by atoms with Crippen molar-refractivity contribution in [1.82, 2.24) is 39.8 Å². The molecule has 0 bridgehead atoms. The molecule has 4 N–H and O–H groups in total. The quantitative estimate of drug-likeness (QED) is 0.119. The van der Waals surface area contributed by atoms with Crippen LogP contribution in [-0.4, -0.2) is 71.4 Å². The normalized spacial score (nSPS) is 12.1. The van der Waals surface area contributed by atoms with Gasteiger partial charge >= 0.3 is 0 Å². The number of nitrogens with one attached hydrogen (secondary N) is 4. The number of rotatable bonds is 13. The van der Waals surface area contributed by atoms with Gasteiger partial charge < -0.3 is 9.47 Å². The summed E-state index contributed by atoms with van der Waals surface area (Å²) < 4.78 is 66.3. The molecule has 6 rings (SSSR count). The molecule has 0 amide bonds. The monoisotopic (exact) mass is 738 g/mol. The lowest BCUT2D eigenvalue weighted by Crippen LogP contribution is -2.27. The van der Waals surface area contributed by atoms with E-state index < -0.39 is 20.0 Å². The number of thioether (sulfide) groups is 1. The number of aromatic amines is 2. The van der Waals surface area contributed by atoms with Gasteiger partial charge in [0.15, 0.2) is 32.8 Å². The summed E-state index contributed by atoms with van der Waals surface area (Å²) in [6.45, 7) is 7.16. The minimum Gasteiger partial charge on any atom is -0.493 e. The molecule has 14 nitrogen and oxygen atoms in total. The van der Waals surface area contributed by atoms with Gasteiger partial charge in [0.1, 0.15) is 6.61 Å². The summed E-state index contributed by atoms with van der Waals surface area (Å²) in [7, 11) is -5.84. The van der Waals surface area contributed by atoms with Crippen molar-refractivity contribution < 1.29 is 26.3 Å². The number of H-pyrrole nitrogens is 2. The molecule has 264 valence electrons. The predicted molar refractivity (Wildman–Crippen MR) is 193 cm³/mol. The first-order valence-electron chi connectivity index (χ1n) is 15.4. The molecule has 0 fully saturated rings. The summed E-state index contributed by atoms with van der Waals surface area (Å²) >= 11 is 1.71. The van der Waals surface area contributed by atoms with Crippen LogP contribution in [0.15, 0.2) is 95.2 Å². The van der Waals surface area contributed by atoms with Crippen LogP contribution in [0.5, 0.6) is 11.5 Å². The van der Waals surface area contributed by atoms with Crippen LogP contribution >= 0.6 is 11.8 Å². The van der Waals surface area contributed by atoms with Crippen molar-refractivity contribution in [3.05, 3.63) is 96.3 Å². The van der Waals surface area contributed by atoms with Gasteiger partial charge in [0.05, 0.1) is 17.9 Å². The van der Waals surface area contributed by atoms with Crippen LogP contribution in [0.2, 0.25) is 0 Å². The molecule has 6 aromatic rings. The van der Waals surface area contributed by atoms with E-state index in [-0.39, 0.29) is 21.3 Å². The highest BCUT2D eigenvalue weighted by atomic mass is 32.2. The average Bonchev–Trinajstić information content (AvgIpc) is 3.75. The van der Waals surface area contributed by atoms with E-state index >= 15 is 0 Å². The highest BCUT2D eigenvalue weighted by Crippen LogP contribution is 2.29. The number of methoxy groups -OCH3 is 1. The lowest BCUT2D eigenvalue weighted by molar-refractivity contribution is 0.284. The van der Waals surface area contributed by atoms with E-state index in [1.165, 1.54) is 0 Å². The SMILES string of the molecule is CC(C)(C)SCCNS(=O)(=O)c1[nH]nc2ncccc12.COc1cc(CNS(=O)(=O)c2[nH]nc3ncccc23)ccc1OCc1ccccc1. The molecule has 4 aromatic heterocycles. The lowest BCUT2D eigenvalue weighted by atomic mass is 10.2. The first-order chi connectivity index (χ1) is 23.9. The first kappa shape index (κ1) is 36.7. The van der Waals surface area contributed by atoms with E-state index in [1.807, 2.05) is 30.3 Å². The van der Waals surface area contributed by atoms with Crippen LogP contribution in [-0.2, 0) is 33.2 Å². The summed E-state index contributed by atoms with van der Waals surface area (Å²) in [6.07, 6.45) is 3.13. The maximum absolute atomic E-state index is 12.7. The zero-order chi connectivity index (χ0) is 35.8. The fourth-order valence-electron chi connectivity index (χ4n) is 4.60. The molecule has 0 atom stereocenters. The van der Waals surface area contributed by atoms with Gasteiger partial charge in [0.2, 0.25) is 0 Å². The van der Waals surface area contributed by atoms with Gasteiger partial charge in [-0.15, -0.1) is 0 Å². The summed E-state index contributed by atoms with van der Waals surface area (Å²) in [4.78, 5) is 8.05. The third-order valence-corrected chi connectivity index (χ3v) is 11.1. The molecule has 17 heteroatoms. The third-order valence-electron chi connectivity index (χ3n) is 6.99. The summed E-state index contributed by atoms with van der Waals surface area (Å²) in [5, 5.41) is 13.9. The van der Waals surface area contributed by atoms with E-state index in [9.17, 15) is 16.8 Å². The molecule has 50 heavy (non-hydrogen) atoms. The Morgan fingerprint density at radius 3 is 1.92 bits per heavy atom. The van der Waals surface area contributed by atoms with Gasteiger partial charge in [-0.25, -0.2) is 36.2 Å². The number of pyridine rings is 2. The maximum atomic E-state index is 12.7. The summed E-state index contributed by atoms with van der Waals surface area (Å²) in [6, 6.07) is 21.8. The highest BCUT2D eigenvalue weighted by molar-refractivity contribution is 8.00. The zero-order valence-electron chi connectivity index (χ0n) is 27.9. The largest absolute Gasteiger partial charge is 0.493 e. The Labute approximate surface area is 294 Å². The molecule has 0 radical (unpaired) electrons. The Hall–Kier alpha value is -4.55. The van der Waals surface area contributed by atoms with Crippen LogP contribution in [0, 0.1) is 0 Å². The minimum absolute atomic E-state index is 0.0135. The molecule has 0 unspecified atom stereocenters. The van der Waals surface area contributed by atoms with Crippen molar-refractivity contribution in [1.29, 1.82) is 0 Å². The summed E-state index contributed by atoms with van der Waals surface area (Å²) in [5.41, 5.74) is 2.51. The van der Waals surface area contributed by atoms with E-state index in [1.54, 1.807) is 73.7 Å². The first-order valence-corrected chi connectivity index (χ1v) is 19.4. The van der Waals surface area contributed by atoms with Crippen LogP contribution in [0.25, 0.3) is 22.1 Å². The molecule has 2 aromatic carbocycles. The molecule has 4 heterocycles. The second-order valence-corrected chi connectivity index (χ2v) is 17.1. The number of hydrogen-bond donors (Lipinski definition) is 4. The lowest BCUT2D eigenvalue weighted by Gasteiger charge is -2.17.